The monoisotopic (exact) mass is 207 g/mol. The first-order chi connectivity index (χ1) is 7.35. The molecule has 0 radical (unpaired) electrons. The minimum atomic E-state index is 0.492. The molecule has 3 heteroatoms. The second-order valence-electron chi connectivity index (χ2n) is 4.50. The maximum atomic E-state index is 4.38. The molecule has 1 heterocycles. The molecule has 2 rings (SSSR count). The molecule has 1 N–H and O–H groups in total. The molecule has 1 aliphatic rings. The third-order valence-electron chi connectivity index (χ3n) is 3.16. The molecule has 84 valence electrons. The highest BCUT2D eigenvalue weighted by molar-refractivity contribution is 5.07. The van der Waals surface area contributed by atoms with E-state index in [-0.39, 0.29) is 0 Å². The lowest BCUT2D eigenvalue weighted by Gasteiger charge is -2.17. The van der Waals surface area contributed by atoms with Gasteiger partial charge in [-0.15, -0.1) is 0 Å². The smallest absolute Gasteiger partial charge is 0.0553 e. The van der Waals surface area contributed by atoms with Crippen molar-refractivity contribution in [2.75, 3.05) is 7.05 Å². The van der Waals surface area contributed by atoms with Gasteiger partial charge in [0.1, 0.15) is 0 Å². The van der Waals surface area contributed by atoms with E-state index in [0.717, 1.165) is 18.9 Å². The van der Waals surface area contributed by atoms with Gasteiger partial charge >= 0.3 is 0 Å². The van der Waals surface area contributed by atoms with E-state index in [0.29, 0.717) is 6.04 Å². The Bertz CT molecular complexity index is 302. The first kappa shape index (κ1) is 10.7. The third-order valence-corrected chi connectivity index (χ3v) is 3.16. The Morgan fingerprint density at radius 2 is 2.40 bits per heavy atom. The van der Waals surface area contributed by atoms with Crippen molar-refractivity contribution in [2.45, 2.75) is 45.2 Å². The second-order valence-corrected chi connectivity index (χ2v) is 4.50. The van der Waals surface area contributed by atoms with E-state index in [1.165, 1.54) is 25.0 Å². The zero-order chi connectivity index (χ0) is 10.7. The van der Waals surface area contributed by atoms with Gasteiger partial charge in [-0.05, 0) is 31.9 Å². The molecule has 0 amide bonds. The number of nitrogens with zero attached hydrogens (tertiary/aromatic N) is 2. The molecule has 1 aliphatic carbocycles. The Morgan fingerprint density at radius 3 is 3.00 bits per heavy atom. The van der Waals surface area contributed by atoms with E-state index in [1.807, 2.05) is 6.20 Å². The fourth-order valence-corrected chi connectivity index (χ4v) is 2.11. The molecule has 0 spiro atoms. The minimum absolute atomic E-state index is 0.492. The van der Waals surface area contributed by atoms with Crippen LogP contribution in [-0.4, -0.2) is 16.8 Å². The first-order valence-corrected chi connectivity index (χ1v) is 6.04. The summed E-state index contributed by atoms with van der Waals surface area (Å²) in [4.78, 5) is 0. The van der Waals surface area contributed by atoms with Crippen LogP contribution >= 0.6 is 0 Å². The molecule has 1 fully saturated rings. The average Bonchev–Trinajstić information content (AvgIpc) is 2.95. The van der Waals surface area contributed by atoms with E-state index < -0.39 is 0 Å². The van der Waals surface area contributed by atoms with Crippen molar-refractivity contribution in [3.8, 4) is 0 Å². The molecule has 15 heavy (non-hydrogen) atoms. The van der Waals surface area contributed by atoms with Gasteiger partial charge in [0, 0.05) is 18.8 Å². The van der Waals surface area contributed by atoms with Crippen molar-refractivity contribution in [3.63, 3.8) is 0 Å². The SMILES string of the molecule is CCCn1nccc1C(CC1CC1)NC. The fraction of sp³-hybridized carbons (Fsp3) is 0.750. The van der Waals surface area contributed by atoms with Crippen LogP contribution < -0.4 is 5.32 Å². The standard InChI is InChI=1S/C12H21N3/c1-3-8-15-12(6-7-14-15)11(13-2)9-10-4-5-10/h6-7,10-11,13H,3-5,8-9H2,1-2H3. The molecule has 1 saturated carbocycles. The maximum absolute atomic E-state index is 4.38. The average molecular weight is 207 g/mol. The lowest BCUT2D eigenvalue weighted by atomic mass is 10.1. The lowest BCUT2D eigenvalue weighted by Crippen LogP contribution is -2.21. The third kappa shape index (κ3) is 2.59. The van der Waals surface area contributed by atoms with E-state index in [2.05, 4.69) is 35.1 Å². The predicted molar refractivity (Wildman–Crippen MR) is 61.7 cm³/mol. The highest BCUT2D eigenvalue weighted by atomic mass is 15.3. The largest absolute Gasteiger partial charge is 0.312 e. The van der Waals surface area contributed by atoms with Gasteiger partial charge in [-0.2, -0.15) is 5.10 Å². The first-order valence-electron chi connectivity index (χ1n) is 6.04. The summed E-state index contributed by atoms with van der Waals surface area (Å²) in [5, 5.41) is 7.79. The Balaban J connectivity index is 2.05. The van der Waals surface area contributed by atoms with Crippen LogP contribution in [0.5, 0.6) is 0 Å². The Hall–Kier alpha value is -0.830. The van der Waals surface area contributed by atoms with Crippen LogP contribution in [0.3, 0.4) is 0 Å². The Morgan fingerprint density at radius 1 is 1.60 bits per heavy atom. The quantitative estimate of drug-likeness (QED) is 0.776. The van der Waals surface area contributed by atoms with Gasteiger partial charge in [0.25, 0.3) is 0 Å². The zero-order valence-electron chi connectivity index (χ0n) is 9.74. The van der Waals surface area contributed by atoms with Gasteiger partial charge in [0.2, 0.25) is 0 Å². The lowest BCUT2D eigenvalue weighted by molar-refractivity contribution is 0.458. The molecular formula is C12H21N3. The summed E-state index contributed by atoms with van der Waals surface area (Å²) in [6, 6.07) is 2.64. The molecule has 0 aromatic carbocycles. The van der Waals surface area contributed by atoms with Gasteiger partial charge in [-0.3, -0.25) is 4.68 Å². The molecule has 1 unspecified atom stereocenters. The van der Waals surface area contributed by atoms with Crippen LogP contribution in [0.15, 0.2) is 12.3 Å². The van der Waals surface area contributed by atoms with Crippen LogP contribution in [0.2, 0.25) is 0 Å². The van der Waals surface area contributed by atoms with Crippen molar-refractivity contribution in [1.29, 1.82) is 0 Å². The predicted octanol–water partition coefficient (Wildman–Crippen LogP) is 2.35. The molecule has 0 bridgehead atoms. The summed E-state index contributed by atoms with van der Waals surface area (Å²) < 4.78 is 2.14. The fourth-order valence-electron chi connectivity index (χ4n) is 2.11. The highest BCUT2D eigenvalue weighted by Gasteiger charge is 2.26. The summed E-state index contributed by atoms with van der Waals surface area (Å²) in [5.41, 5.74) is 1.35. The number of aromatic nitrogens is 2. The van der Waals surface area contributed by atoms with E-state index in [9.17, 15) is 0 Å². The summed E-state index contributed by atoms with van der Waals surface area (Å²) in [6.45, 7) is 3.23. The summed E-state index contributed by atoms with van der Waals surface area (Å²) in [6.07, 6.45) is 7.17. The van der Waals surface area contributed by atoms with Crippen LogP contribution in [0.1, 0.15) is 44.3 Å². The molecule has 1 atom stereocenters. The van der Waals surface area contributed by atoms with Crippen molar-refractivity contribution >= 4 is 0 Å². The van der Waals surface area contributed by atoms with Crippen molar-refractivity contribution in [2.24, 2.45) is 5.92 Å². The van der Waals surface area contributed by atoms with E-state index >= 15 is 0 Å². The van der Waals surface area contributed by atoms with Gasteiger partial charge in [-0.25, -0.2) is 0 Å². The van der Waals surface area contributed by atoms with E-state index in [1.54, 1.807) is 0 Å². The molecule has 1 aromatic rings. The number of aryl methyl sites for hydroxylation is 1. The molecule has 3 nitrogen and oxygen atoms in total. The summed E-state index contributed by atoms with van der Waals surface area (Å²) in [5.74, 6) is 0.951. The summed E-state index contributed by atoms with van der Waals surface area (Å²) in [7, 11) is 2.05. The number of rotatable bonds is 6. The van der Waals surface area contributed by atoms with Gasteiger partial charge < -0.3 is 5.32 Å². The molecule has 0 saturated heterocycles. The highest BCUT2D eigenvalue weighted by Crippen LogP contribution is 2.37. The molecule has 0 aliphatic heterocycles. The number of nitrogens with one attached hydrogen (secondary N) is 1. The Kier molecular flexibility index (Phi) is 3.41. The number of hydrogen-bond acceptors (Lipinski definition) is 2. The van der Waals surface area contributed by atoms with Crippen LogP contribution in [0, 0.1) is 5.92 Å². The maximum Gasteiger partial charge on any atom is 0.0553 e. The van der Waals surface area contributed by atoms with Gasteiger partial charge in [-0.1, -0.05) is 19.8 Å². The zero-order valence-corrected chi connectivity index (χ0v) is 9.74. The topological polar surface area (TPSA) is 29.9 Å². The normalized spacial score (nSPS) is 18.0. The number of hydrogen-bond donors (Lipinski definition) is 1. The van der Waals surface area contributed by atoms with E-state index in [4.69, 9.17) is 0 Å². The molecular weight excluding hydrogens is 186 g/mol. The van der Waals surface area contributed by atoms with Crippen molar-refractivity contribution < 1.29 is 0 Å². The van der Waals surface area contributed by atoms with Crippen molar-refractivity contribution in [1.82, 2.24) is 15.1 Å². The second kappa shape index (κ2) is 4.79. The van der Waals surface area contributed by atoms with Crippen LogP contribution in [0.4, 0.5) is 0 Å². The van der Waals surface area contributed by atoms with Gasteiger partial charge in [0.05, 0.1) is 5.69 Å². The van der Waals surface area contributed by atoms with Crippen LogP contribution in [-0.2, 0) is 6.54 Å². The molecule has 1 aromatic heterocycles. The minimum Gasteiger partial charge on any atom is -0.312 e. The summed E-state index contributed by atoms with van der Waals surface area (Å²) >= 11 is 0. The van der Waals surface area contributed by atoms with Crippen LogP contribution in [0.25, 0.3) is 0 Å². The van der Waals surface area contributed by atoms with Gasteiger partial charge in [0.15, 0.2) is 0 Å². The Labute approximate surface area is 91.9 Å². The van der Waals surface area contributed by atoms with Crippen molar-refractivity contribution in [3.05, 3.63) is 18.0 Å².